The minimum Gasteiger partial charge on any atom is -0.330 e. The van der Waals surface area contributed by atoms with E-state index in [0.717, 1.165) is 19.4 Å². The fourth-order valence-electron chi connectivity index (χ4n) is 2.03. The number of nitrogens with two attached hydrogens (primary N) is 1. The summed E-state index contributed by atoms with van der Waals surface area (Å²) in [5, 5.41) is 0.668. The fraction of sp³-hybridized carbons (Fsp3) is 0.667. The lowest BCUT2D eigenvalue weighted by Gasteiger charge is -2.24. The lowest BCUT2D eigenvalue weighted by Crippen LogP contribution is -2.19. The van der Waals surface area contributed by atoms with Crippen molar-refractivity contribution in [3.8, 4) is 0 Å². The van der Waals surface area contributed by atoms with Gasteiger partial charge in [0.05, 0.1) is 12.0 Å². The molecule has 0 aromatic carbocycles. The molecule has 0 bridgehead atoms. The molecule has 0 aliphatic carbocycles. The van der Waals surface area contributed by atoms with Crippen molar-refractivity contribution in [3.63, 3.8) is 0 Å². The number of halogens is 1. The summed E-state index contributed by atoms with van der Waals surface area (Å²) >= 11 is 5.96. The van der Waals surface area contributed by atoms with Crippen LogP contribution < -0.4 is 5.73 Å². The average molecular weight is 200 g/mol. The molecule has 1 unspecified atom stereocenters. The highest BCUT2D eigenvalue weighted by atomic mass is 35.5. The molecule has 0 radical (unpaired) electrons. The van der Waals surface area contributed by atoms with E-state index in [-0.39, 0.29) is 0 Å². The fourth-order valence-corrected chi connectivity index (χ4v) is 2.27. The summed E-state index contributed by atoms with van der Waals surface area (Å²) in [5.41, 5.74) is 6.74. The Bertz CT molecular complexity index is 295. The SMILES string of the molecule is NCCC1CCCc2c(Cl)ncn21. The van der Waals surface area contributed by atoms with E-state index in [9.17, 15) is 0 Å². The van der Waals surface area contributed by atoms with Crippen molar-refractivity contribution in [2.24, 2.45) is 5.73 Å². The van der Waals surface area contributed by atoms with Crippen molar-refractivity contribution in [1.82, 2.24) is 9.55 Å². The van der Waals surface area contributed by atoms with Crippen LogP contribution in [0.25, 0.3) is 0 Å². The number of nitrogens with zero attached hydrogens (tertiary/aromatic N) is 2. The zero-order valence-corrected chi connectivity index (χ0v) is 8.30. The maximum Gasteiger partial charge on any atom is 0.150 e. The van der Waals surface area contributed by atoms with Gasteiger partial charge in [0.1, 0.15) is 5.15 Å². The first-order valence-electron chi connectivity index (χ1n) is 4.74. The van der Waals surface area contributed by atoms with Gasteiger partial charge in [-0.3, -0.25) is 0 Å². The maximum absolute atomic E-state index is 5.96. The zero-order valence-electron chi connectivity index (χ0n) is 7.54. The van der Waals surface area contributed by atoms with Gasteiger partial charge in [-0.25, -0.2) is 4.98 Å². The molecule has 13 heavy (non-hydrogen) atoms. The molecule has 2 N–H and O–H groups in total. The Kier molecular flexibility index (Phi) is 2.56. The van der Waals surface area contributed by atoms with Crippen LogP contribution in [0.2, 0.25) is 5.15 Å². The third-order valence-corrected chi connectivity index (χ3v) is 3.01. The number of aromatic nitrogens is 2. The van der Waals surface area contributed by atoms with Crippen molar-refractivity contribution < 1.29 is 0 Å². The molecule has 0 fully saturated rings. The van der Waals surface area contributed by atoms with Crippen molar-refractivity contribution in [2.75, 3.05) is 6.54 Å². The summed E-state index contributed by atoms with van der Waals surface area (Å²) in [4.78, 5) is 4.12. The minimum absolute atomic E-state index is 0.522. The van der Waals surface area contributed by atoms with Gasteiger partial charge in [0, 0.05) is 6.04 Å². The summed E-state index contributed by atoms with van der Waals surface area (Å²) in [6, 6.07) is 0.522. The molecular weight excluding hydrogens is 186 g/mol. The molecule has 1 aliphatic rings. The highest BCUT2D eigenvalue weighted by Crippen LogP contribution is 2.30. The Morgan fingerprint density at radius 1 is 1.69 bits per heavy atom. The molecule has 72 valence electrons. The number of hydrogen-bond acceptors (Lipinski definition) is 2. The number of fused-ring (bicyclic) bond motifs is 1. The molecule has 4 heteroatoms. The second-order valence-corrected chi connectivity index (χ2v) is 3.87. The highest BCUT2D eigenvalue weighted by Gasteiger charge is 2.21. The standard InChI is InChI=1S/C9H14ClN3/c10-9-8-3-1-2-7(4-5-11)13(8)6-12-9/h6-7H,1-5,11H2. The Balaban J connectivity index is 2.27. The Morgan fingerprint density at radius 3 is 3.31 bits per heavy atom. The topological polar surface area (TPSA) is 43.8 Å². The van der Waals surface area contributed by atoms with E-state index in [0.29, 0.717) is 11.2 Å². The molecule has 0 amide bonds. The van der Waals surface area contributed by atoms with Gasteiger partial charge in [-0.2, -0.15) is 0 Å². The van der Waals surface area contributed by atoms with E-state index in [1.807, 2.05) is 6.33 Å². The van der Waals surface area contributed by atoms with Crippen LogP contribution in [0.5, 0.6) is 0 Å². The molecule has 0 spiro atoms. The lowest BCUT2D eigenvalue weighted by molar-refractivity contribution is 0.383. The van der Waals surface area contributed by atoms with Crippen LogP contribution in [0, 0.1) is 0 Å². The molecule has 1 aromatic rings. The van der Waals surface area contributed by atoms with Crippen molar-refractivity contribution in [2.45, 2.75) is 31.7 Å². The third-order valence-electron chi connectivity index (χ3n) is 2.69. The van der Waals surface area contributed by atoms with Gasteiger partial charge < -0.3 is 10.3 Å². The zero-order chi connectivity index (χ0) is 9.26. The van der Waals surface area contributed by atoms with Crippen LogP contribution in [-0.2, 0) is 6.42 Å². The van der Waals surface area contributed by atoms with E-state index in [4.69, 9.17) is 17.3 Å². The van der Waals surface area contributed by atoms with Crippen LogP contribution in [0.15, 0.2) is 6.33 Å². The van der Waals surface area contributed by atoms with Gasteiger partial charge in [0.15, 0.2) is 0 Å². The molecular formula is C9H14ClN3. The van der Waals surface area contributed by atoms with Crippen LogP contribution in [0.3, 0.4) is 0 Å². The molecule has 1 atom stereocenters. The highest BCUT2D eigenvalue weighted by molar-refractivity contribution is 6.30. The Hall–Kier alpha value is -0.540. The van der Waals surface area contributed by atoms with Gasteiger partial charge in [-0.05, 0) is 32.2 Å². The van der Waals surface area contributed by atoms with Gasteiger partial charge in [-0.1, -0.05) is 11.6 Å². The van der Waals surface area contributed by atoms with Crippen LogP contribution in [0.4, 0.5) is 0 Å². The van der Waals surface area contributed by atoms with E-state index >= 15 is 0 Å². The minimum atomic E-state index is 0.522. The molecule has 0 saturated carbocycles. The Labute approximate surface area is 82.9 Å². The normalized spacial score (nSPS) is 21.5. The van der Waals surface area contributed by atoms with Crippen molar-refractivity contribution in [3.05, 3.63) is 17.2 Å². The van der Waals surface area contributed by atoms with Gasteiger partial charge in [0.25, 0.3) is 0 Å². The first-order valence-corrected chi connectivity index (χ1v) is 5.12. The number of rotatable bonds is 2. The van der Waals surface area contributed by atoms with E-state index < -0.39 is 0 Å². The second kappa shape index (κ2) is 3.68. The molecule has 2 rings (SSSR count). The maximum atomic E-state index is 5.96. The first-order chi connectivity index (χ1) is 6.33. The summed E-state index contributed by atoms with van der Waals surface area (Å²) in [5.74, 6) is 0. The molecule has 1 aromatic heterocycles. The summed E-state index contributed by atoms with van der Waals surface area (Å²) in [7, 11) is 0. The van der Waals surface area contributed by atoms with Crippen LogP contribution in [0.1, 0.15) is 31.0 Å². The first kappa shape index (κ1) is 9.03. The van der Waals surface area contributed by atoms with Crippen molar-refractivity contribution >= 4 is 11.6 Å². The summed E-state index contributed by atoms with van der Waals surface area (Å²) in [6.07, 6.45) is 6.34. The Morgan fingerprint density at radius 2 is 2.54 bits per heavy atom. The van der Waals surface area contributed by atoms with E-state index in [1.54, 1.807) is 0 Å². The quantitative estimate of drug-likeness (QED) is 0.789. The molecule has 3 nitrogen and oxygen atoms in total. The van der Waals surface area contributed by atoms with Crippen LogP contribution in [-0.4, -0.2) is 16.1 Å². The van der Waals surface area contributed by atoms with E-state index in [2.05, 4.69) is 9.55 Å². The van der Waals surface area contributed by atoms with Crippen LogP contribution >= 0.6 is 11.6 Å². The largest absolute Gasteiger partial charge is 0.330 e. The van der Waals surface area contributed by atoms with Crippen molar-refractivity contribution in [1.29, 1.82) is 0 Å². The smallest absolute Gasteiger partial charge is 0.150 e. The predicted octanol–water partition coefficient (Wildman–Crippen LogP) is 1.76. The number of hydrogen-bond donors (Lipinski definition) is 1. The molecule has 2 heterocycles. The number of imidazole rings is 1. The summed E-state index contributed by atoms with van der Waals surface area (Å²) in [6.45, 7) is 0.736. The second-order valence-electron chi connectivity index (χ2n) is 3.51. The van der Waals surface area contributed by atoms with Gasteiger partial charge in [-0.15, -0.1) is 0 Å². The van der Waals surface area contributed by atoms with Gasteiger partial charge >= 0.3 is 0 Å². The average Bonchev–Trinajstić information content (AvgIpc) is 2.50. The predicted molar refractivity (Wildman–Crippen MR) is 52.9 cm³/mol. The van der Waals surface area contributed by atoms with E-state index in [1.165, 1.54) is 18.5 Å². The third kappa shape index (κ3) is 1.58. The lowest BCUT2D eigenvalue weighted by atomic mass is 10.0. The summed E-state index contributed by atoms with van der Waals surface area (Å²) < 4.78 is 2.19. The monoisotopic (exact) mass is 199 g/mol. The molecule has 1 aliphatic heterocycles. The molecule has 0 saturated heterocycles. The van der Waals surface area contributed by atoms with Gasteiger partial charge in [0.2, 0.25) is 0 Å².